The van der Waals surface area contributed by atoms with Crippen molar-refractivity contribution in [2.45, 2.75) is 31.8 Å². The van der Waals surface area contributed by atoms with Gasteiger partial charge in [-0.15, -0.1) is 0 Å². The van der Waals surface area contributed by atoms with Gasteiger partial charge in [0, 0.05) is 51.4 Å². The number of rotatable bonds is 14. The van der Waals surface area contributed by atoms with E-state index in [0.717, 1.165) is 47.6 Å². The third-order valence-corrected chi connectivity index (χ3v) is 8.60. The Balaban J connectivity index is 1.39. The van der Waals surface area contributed by atoms with Crippen molar-refractivity contribution in [1.82, 2.24) is 9.80 Å². The molecule has 0 radical (unpaired) electrons. The van der Waals surface area contributed by atoms with Crippen LogP contribution in [0.4, 0.5) is 18.9 Å². The first kappa shape index (κ1) is 36.4. The summed E-state index contributed by atoms with van der Waals surface area (Å²) in [5, 5.41) is 0. The summed E-state index contributed by atoms with van der Waals surface area (Å²) < 4.78 is 50.7. The molecule has 50 heavy (non-hydrogen) atoms. The van der Waals surface area contributed by atoms with E-state index < -0.39 is 23.7 Å². The molecule has 0 aromatic heterocycles. The highest BCUT2D eigenvalue weighted by Gasteiger charge is 2.32. The van der Waals surface area contributed by atoms with Crippen LogP contribution in [0, 0.1) is 0 Å². The standard InChI is InChI=1S/C40H42F3N3O4/c1-44(22-25-50-30-34-10-6-3-7-11-34)39(48)37(28-32-8-4-2-5-9-32)46(29-33-14-19-36(20-15-33)45-23-26-49-27-24-45)38(47)21-16-31-12-17-35(18-13-31)40(41,42)43/h2-21,37H,22-30H2,1H3/t37-/m0/s1. The van der Waals surface area contributed by atoms with Gasteiger partial charge in [-0.3, -0.25) is 9.59 Å². The summed E-state index contributed by atoms with van der Waals surface area (Å²) in [6, 6.07) is 30.9. The summed E-state index contributed by atoms with van der Waals surface area (Å²) in [4.78, 5) is 33.7. The third-order valence-electron chi connectivity index (χ3n) is 8.60. The van der Waals surface area contributed by atoms with Crippen LogP contribution in [0.5, 0.6) is 0 Å². The number of likely N-dealkylation sites (N-methyl/N-ethyl adjacent to an activating group) is 1. The van der Waals surface area contributed by atoms with Crippen LogP contribution in [0.15, 0.2) is 115 Å². The predicted molar refractivity (Wildman–Crippen MR) is 188 cm³/mol. The lowest BCUT2D eigenvalue weighted by atomic mass is 10.0. The van der Waals surface area contributed by atoms with Gasteiger partial charge in [0.15, 0.2) is 0 Å². The van der Waals surface area contributed by atoms with Crippen molar-refractivity contribution in [2.75, 3.05) is 51.4 Å². The molecule has 1 heterocycles. The van der Waals surface area contributed by atoms with Crippen molar-refractivity contribution in [1.29, 1.82) is 0 Å². The Labute approximate surface area is 291 Å². The number of alkyl halides is 3. The van der Waals surface area contributed by atoms with E-state index in [1.807, 2.05) is 84.9 Å². The zero-order valence-corrected chi connectivity index (χ0v) is 28.1. The third kappa shape index (κ3) is 10.5. The monoisotopic (exact) mass is 685 g/mol. The number of carbonyl (C=O) groups excluding carboxylic acids is 2. The number of halogens is 3. The molecule has 0 spiro atoms. The van der Waals surface area contributed by atoms with Gasteiger partial charge >= 0.3 is 6.18 Å². The number of amides is 2. The second-order valence-corrected chi connectivity index (χ2v) is 12.2. The minimum Gasteiger partial charge on any atom is -0.378 e. The number of benzene rings is 4. The van der Waals surface area contributed by atoms with Crippen LogP contribution in [-0.2, 0) is 44.8 Å². The zero-order valence-electron chi connectivity index (χ0n) is 28.1. The lowest BCUT2D eigenvalue weighted by Gasteiger charge is -2.33. The number of anilines is 1. The SMILES string of the molecule is CN(CCOCc1ccccc1)C(=O)[C@H](Cc1ccccc1)N(Cc1ccc(N2CCOCC2)cc1)C(=O)C=Cc1ccc(C(F)(F)F)cc1. The number of ether oxygens (including phenoxy) is 2. The molecule has 1 aliphatic rings. The molecule has 0 aliphatic carbocycles. The molecule has 0 unspecified atom stereocenters. The van der Waals surface area contributed by atoms with Crippen molar-refractivity contribution in [2.24, 2.45) is 0 Å². The fourth-order valence-electron chi connectivity index (χ4n) is 5.72. The molecule has 1 fully saturated rings. The van der Waals surface area contributed by atoms with Gasteiger partial charge in [-0.25, -0.2) is 0 Å². The Kier molecular flexibility index (Phi) is 12.8. The maximum Gasteiger partial charge on any atom is 0.416 e. The fourth-order valence-corrected chi connectivity index (χ4v) is 5.72. The summed E-state index contributed by atoms with van der Waals surface area (Å²) in [5.74, 6) is -0.691. The van der Waals surface area contributed by atoms with Gasteiger partial charge in [-0.2, -0.15) is 13.2 Å². The average Bonchev–Trinajstić information content (AvgIpc) is 3.14. The van der Waals surface area contributed by atoms with Crippen molar-refractivity contribution in [3.05, 3.63) is 143 Å². The predicted octanol–water partition coefficient (Wildman–Crippen LogP) is 6.87. The van der Waals surface area contributed by atoms with Crippen LogP contribution in [0.3, 0.4) is 0 Å². The van der Waals surface area contributed by atoms with Crippen LogP contribution in [-0.4, -0.2) is 74.2 Å². The van der Waals surface area contributed by atoms with E-state index >= 15 is 0 Å². The highest BCUT2D eigenvalue weighted by molar-refractivity contribution is 5.95. The Hall–Kier alpha value is -4.93. The van der Waals surface area contributed by atoms with Gasteiger partial charge in [0.2, 0.25) is 11.8 Å². The van der Waals surface area contributed by atoms with E-state index in [2.05, 4.69) is 4.90 Å². The Morgan fingerprint density at radius 2 is 1.46 bits per heavy atom. The highest BCUT2D eigenvalue weighted by Crippen LogP contribution is 2.29. The van der Waals surface area contributed by atoms with E-state index in [9.17, 15) is 22.8 Å². The lowest BCUT2D eigenvalue weighted by molar-refractivity contribution is -0.143. The van der Waals surface area contributed by atoms with Gasteiger partial charge in [0.05, 0.1) is 32.0 Å². The second kappa shape index (κ2) is 17.6. The number of nitrogens with zero attached hydrogens (tertiary/aromatic N) is 3. The summed E-state index contributed by atoms with van der Waals surface area (Å²) in [6.45, 7) is 4.06. The molecule has 0 N–H and O–H groups in total. The summed E-state index contributed by atoms with van der Waals surface area (Å²) >= 11 is 0. The van der Waals surface area contributed by atoms with Crippen molar-refractivity contribution in [3.63, 3.8) is 0 Å². The molecule has 262 valence electrons. The summed E-state index contributed by atoms with van der Waals surface area (Å²) in [7, 11) is 1.70. The molecule has 2 amide bonds. The van der Waals surface area contributed by atoms with Crippen LogP contribution in [0.1, 0.15) is 27.8 Å². The molecule has 1 aliphatic heterocycles. The lowest BCUT2D eigenvalue weighted by Crippen LogP contribution is -2.51. The number of hydrogen-bond acceptors (Lipinski definition) is 5. The van der Waals surface area contributed by atoms with Gasteiger partial charge < -0.3 is 24.2 Å². The highest BCUT2D eigenvalue weighted by atomic mass is 19.4. The van der Waals surface area contributed by atoms with Crippen molar-refractivity contribution >= 4 is 23.6 Å². The largest absolute Gasteiger partial charge is 0.416 e. The van der Waals surface area contributed by atoms with E-state index in [0.29, 0.717) is 38.5 Å². The fraction of sp³-hybridized carbons (Fsp3) is 0.300. The first-order chi connectivity index (χ1) is 24.2. The molecule has 10 heteroatoms. The first-order valence-electron chi connectivity index (χ1n) is 16.7. The Bertz CT molecular complexity index is 1680. The van der Waals surface area contributed by atoms with Gasteiger partial charge in [0.1, 0.15) is 6.04 Å². The quantitative estimate of drug-likeness (QED) is 0.107. The van der Waals surface area contributed by atoms with Gasteiger partial charge in [-0.1, -0.05) is 84.9 Å². The van der Waals surface area contributed by atoms with Crippen LogP contribution < -0.4 is 4.90 Å². The van der Waals surface area contributed by atoms with E-state index in [1.54, 1.807) is 16.8 Å². The Morgan fingerprint density at radius 1 is 0.840 bits per heavy atom. The molecular formula is C40H42F3N3O4. The molecule has 5 rings (SSSR count). The zero-order chi connectivity index (χ0) is 35.3. The van der Waals surface area contributed by atoms with E-state index in [4.69, 9.17) is 9.47 Å². The number of hydrogen-bond donors (Lipinski definition) is 0. The summed E-state index contributed by atoms with van der Waals surface area (Å²) in [6.07, 6.45) is -1.41. The molecule has 1 saturated heterocycles. The molecule has 4 aromatic rings. The summed E-state index contributed by atoms with van der Waals surface area (Å²) in [5.41, 5.74) is 3.45. The molecule has 0 bridgehead atoms. The van der Waals surface area contributed by atoms with Crippen molar-refractivity contribution < 1.29 is 32.2 Å². The molecule has 4 aromatic carbocycles. The minimum absolute atomic E-state index is 0.140. The minimum atomic E-state index is -4.46. The first-order valence-corrected chi connectivity index (χ1v) is 16.7. The maximum atomic E-state index is 14.2. The molecular weight excluding hydrogens is 643 g/mol. The van der Waals surface area contributed by atoms with E-state index in [1.165, 1.54) is 24.3 Å². The van der Waals surface area contributed by atoms with Crippen LogP contribution in [0.2, 0.25) is 0 Å². The van der Waals surface area contributed by atoms with Crippen LogP contribution >= 0.6 is 0 Å². The van der Waals surface area contributed by atoms with E-state index in [-0.39, 0.29) is 18.9 Å². The average molecular weight is 686 g/mol. The molecule has 7 nitrogen and oxygen atoms in total. The van der Waals surface area contributed by atoms with Gasteiger partial charge in [0.25, 0.3) is 0 Å². The Morgan fingerprint density at radius 3 is 2.08 bits per heavy atom. The topological polar surface area (TPSA) is 62.3 Å². The normalized spacial score (nSPS) is 14.0. The number of morpholine rings is 1. The smallest absolute Gasteiger partial charge is 0.378 e. The molecule has 0 saturated carbocycles. The van der Waals surface area contributed by atoms with Crippen LogP contribution in [0.25, 0.3) is 6.08 Å². The molecule has 1 atom stereocenters. The second-order valence-electron chi connectivity index (χ2n) is 12.2. The number of carbonyl (C=O) groups is 2. The maximum absolute atomic E-state index is 14.2. The van der Waals surface area contributed by atoms with Gasteiger partial charge in [-0.05, 0) is 52.6 Å². The van der Waals surface area contributed by atoms with Crippen molar-refractivity contribution in [3.8, 4) is 0 Å².